The first kappa shape index (κ1) is 14.8. The van der Waals surface area contributed by atoms with Crippen LogP contribution in [-0.4, -0.2) is 19.4 Å². The SMILES string of the molecule is COC(=O)CCc1ccc(C#N)c(OC(F)(F)F)c1. The Morgan fingerprint density at radius 3 is 2.63 bits per heavy atom. The van der Waals surface area contributed by atoms with Gasteiger partial charge in [-0.05, 0) is 24.1 Å². The summed E-state index contributed by atoms with van der Waals surface area (Å²) in [6, 6.07) is 5.38. The van der Waals surface area contributed by atoms with E-state index in [9.17, 15) is 18.0 Å². The number of hydrogen-bond donors (Lipinski definition) is 0. The van der Waals surface area contributed by atoms with Crippen molar-refractivity contribution in [1.82, 2.24) is 0 Å². The minimum Gasteiger partial charge on any atom is -0.469 e. The number of alkyl halides is 3. The quantitative estimate of drug-likeness (QED) is 0.791. The van der Waals surface area contributed by atoms with Gasteiger partial charge in [-0.1, -0.05) is 6.07 Å². The fraction of sp³-hybridized carbons (Fsp3) is 0.333. The number of rotatable bonds is 4. The van der Waals surface area contributed by atoms with E-state index in [0.717, 1.165) is 6.07 Å². The van der Waals surface area contributed by atoms with Gasteiger partial charge in [0.15, 0.2) is 0 Å². The first-order valence-corrected chi connectivity index (χ1v) is 5.21. The molecule has 0 aliphatic heterocycles. The highest BCUT2D eigenvalue weighted by atomic mass is 19.4. The van der Waals surface area contributed by atoms with Gasteiger partial charge in [-0.15, -0.1) is 13.2 Å². The summed E-state index contributed by atoms with van der Waals surface area (Å²) in [4.78, 5) is 10.9. The van der Waals surface area contributed by atoms with Gasteiger partial charge in [-0.25, -0.2) is 0 Å². The Hall–Kier alpha value is -2.23. The average Bonchev–Trinajstić information content (AvgIpc) is 2.34. The zero-order valence-corrected chi connectivity index (χ0v) is 9.95. The molecule has 0 N–H and O–H groups in total. The fourth-order valence-electron chi connectivity index (χ4n) is 1.37. The average molecular weight is 273 g/mol. The maximum Gasteiger partial charge on any atom is 0.573 e. The Morgan fingerprint density at radius 2 is 2.11 bits per heavy atom. The molecule has 102 valence electrons. The molecule has 4 nitrogen and oxygen atoms in total. The molecule has 0 aromatic heterocycles. The number of ether oxygens (including phenoxy) is 2. The molecule has 0 bridgehead atoms. The van der Waals surface area contributed by atoms with E-state index in [1.165, 1.54) is 19.2 Å². The van der Waals surface area contributed by atoms with Gasteiger partial charge >= 0.3 is 12.3 Å². The molecule has 1 aromatic rings. The van der Waals surface area contributed by atoms with Crippen molar-refractivity contribution in [3.05, 3.63) is 29.3 Å². The Balaban J connectivity index is 2.89. The van der Waals surface area contributed by atoms with E-state index in [4.69, 9.17) is 5.26 Å². The second-order valence-corrected chi connectivity index (χ2v) is 3.57. The van der Waals surface area contributed by atoms with Crippen LogP contribution in [0.5, 0.6) is 5.75 Å². The summed E-state index contributed by atoms with van der Waals surface area (Å²) >= 11 is 0. The molecule has 0 fully saturated rings. The standard InChI is InChI=1S/C12H10F3NO3/c1-18-11(17)5-3-8-2-4-9(7-16)10(6-8)19-12(13,14)15/h2,4,6H,3,5H2,1H3. The van der Waals surface area contributed by atoms with Crippen molar-refractivity contribution in [2.75, 3.05) is 7.11 Å². The predicted octanol–water partition coefficient (Wildman–Crippen LogP) is 2.56. The van der Waals surface area contributed by atoms with Crippen molar-refractivity contribution in [3.8, 4) is 11.8 Å². The second kappa shape index (κ2) is 6.09. The highest BCUT2D eigenvalue weighted by Crippen LogP contribution is 2.27. The predicted molar refractivity (Wildman–Crippen MR) is 58.2 cm³/mol. The highest BCUT2D eigenvalue weighted by molar-refractivity contribution is 5.69. The van der Waals surface area contributed by atoms with E-state index in [-0.39, 0.29) is 18.4 Å². The molecule has 0 atom stereocenters. The van der Waals surface area contributed by atoms with E-state index < -0.39 is 18.1 Å². The summed E-state index contributed by atoms with van der Waals surface area (Å²) < 4.78 is 44.6. The Labute approximate surface area is 107 Å². The van der Waals surface area contributed by atoms with Crippen LogP contribution in [-0.2, 0) is 16.0 Å². The summed E-state index contributed by atoms with van der Waals surface area (Å²) in [5, 5.41) is 8.69. The highest BCUT2D eigenvalue weighted by Gasteiger charge is 2.32. The molecule has 0 heterocycles. The lowest BCUT2D eigenvalue weighted by Gasteiger charge is -2.11. The van der Waals surface area contributed by atoms with Gasteiger partial charge in [-0.2, -0.15) is 5.26 Å². The number of methoxy groups -OCH3 is 1. The first-order valence-electron chi connectivity index (χ1n) is 5.21. The number of carbonyl (C=O) groups is 1. The van der Waals surface area contributed by atoms with E-state index in [1.54, 1.807) is 6.07 Å². The number of nitrogens with zero attached hydrogens (tertiary/aromatic N) is 1. The lowest BCUT2D eigenvalue weighted by Crippen LogP contribution is -2.18. The molecule has 1 aromatic carbocycles. The van der Waals surface area contributed by atoms with Crippen molar-refractivity contribution in [2.45, 2.75) is 19.2 Å². The van der Waals surface area contributed by atoms with Crippen LogP contribution >= 0.6 is 0 Å². The summed E-state index contributed by atoms with van der Waals surface area (Å²) in [6.45, 7) is 0. The topological polar surface area (TPSA) is 59.3 Å². The van der Waals surface area contributed by atoms with Gasteiger partial charge in [0.25, 0.3) is 0 Å². The minimum atomic E-state index is -4.87. The molecule has 7 heteroatoms. The number of aryl methyl sites for hydroxylation is 1. The smallest absolute Gasteiger partial charge is 0.469 e. The Bertz CT molecular complexity index is 506. The molecule has 0 saturated carbocycles. The molecule has 1 rings (SSSR count). The number of carbonyl (C=O) groups excluding carboxylic acids is 1. The number of hydrogen-bond acceptors (Lipinski definition) is 4. The van der Waals surface area contributed by atoms with E-state index in [1.807, 2.05) is 0 Å². The lowest BCUT2D eigenvalue weighted by atomic mass is 10.1. The van der Waals surface area contributed by atoms with Crippen LogP contribution in [0, 0.1) is 11.3 Å². The van der Waals surface area contributed by atoms with Crippen LogP contribution in [0.2, 0.25) is 0 Å². The maximum absolute atomic E-state index is 12.2. The molecular formula is C12H10F3NO3. The number of nitriles is 1. The third-order valence-electron chi connectivity index (χ3n) is 2.24. The van der Waals surface area contributed by atoms with Gasteiger partial charge in [0.1, 0.15) is 11.8 Å². The van der Waals surface area contributed by atoms with E-state index >= 15 is 0 Å². The van der Waals surface area contributed by atoms with Gasteiger partial charge in [0, 0.05) is 6.42 Å². The zero-order chi connectivity index (χ0) is 14.5. The van der Waals surface area contributed by atoms with Crippen molar-refractivity contribution in [2.24, 2.45) is 0 Å². The molecule has 0 unspecified atom stereocenters. The monoisotopic (exact) mass is 273 g/mol. The van der Waals surface area contributed by atoms with E-state index in [2.05, 4.69) is 9.47 Å². The van der Waals surface area contributed by atoms with Crippen LogP contribution in [0.15, 0.2) is 18.2 Å². The second-order valence-electron chi connectivity index (χ2n) is 3.57. The van der Waals surface area contributed by atoms with Crippen LogP contribution in [0.1, 0.15) is 17.5 Å². The zero-order valence-electron chi connectivity index (χ0n) is 9.95. The molecule has 0 radical (unpaired) electrons. The summed E-state index contributed by atoms with van der Waals surface area (Å²) in [5.74, 6) is -1.04. The number of halogens is 3. The first-order chi connectivity index (χ1) is 8.85. The summed E-state index contributed by atoms with van der Waals surface area (Å²) in [7, 11) is 1.22. The molecule has 0 saturated heterocycles. The van der Waals surface area contributed by atoms with Crippen molar-refractivity contribution >= 4 is 5.97 Å². The van der Waals surface area contributed by atoms with Crippen molar-refractivity contribution in [3.63, 3.8) is 0 Å². The molecule has 0 aliphatic rings. The normalized spacial score (nSPS) is 10.7. The molecule has 19 heavy (non-hydrogen) atoms. The summed E-state index contributed by atoms with van der Waals surface area (Å²) in [5.41, 5.74) is 0.225. The van der Waals surface area contributed by atoms with Gasteiger partial charge < -0.3 is 9.47 Å². The third kappa shape index (κ3) is 4.87. The lowest BCUT2D eigenvalue weighted by molar-refractivity contribution is -0.274. The summed E-state index contributed by atoms with van der Waals surface area (Å²) in [6.07, 6.45) is -4.63. The molecule has 0 aliphatic carbocycles. The molecule has 0 spiro atoms. The van der Waals surface area contributed by atoms with Crippen LogP contribution in [0.4, 0.5) is 13.2 Å². The van der Waals surface area contributed by atoms with Gasteiger partial charge in [0.2, 0.25) is 0 Å². The Morgan fingerprint density at radius 1 is 1.42 bits per heavy atom. The van der Waals surface area contributed by atoms with Gasteiger partial charge in [-0.3, -0.25) is 4.79 Å². The van der Waals surface area contributed by atoms with Crippen molar-refractivity contribution < 1.29 is 27.4 Å². The third-order valence-corrected chi connectivity index (χ3v) is 2.24. The van der Waals surface area contributed by atoms with Crippen LogP contribution in [0.25, 0.3) is 0 Å². The maximum atomic E-state index is 12.2. The van der Waals surface area contributed by atoms with Crippen LogP contribution in [0.3, 0.4) is 0 Å². The minimum absolute atomic E-state index is 0.0356. The number of esters is 1. The molecular weight excluding hydrogens is 263 g/mol. The van der Waals surface area contributed by atoms with Gasteiger partial charge in [0.05, 0.1) is 12.7 Å². The Kier molecular flexibility index (Phi) is 4.75. The fourth-order valence-corrected chi connectivity index (χ4v) is 1.37. The largest absolute Gasteiger partial charge is 0.573 e. The van der Waals surface area contributed by atoms with E-state index in [0.29, 0.717) is 5.56 Å². The van der Waals surface area contributed by atoms with Crippen molar-refractivity contribution in [1.29, 1.82) is 5.26 Å². The van der Waals surface area contributed by atoms with Crippen LogP contribution < -0.4 is 4.74 Å². The molecule has 0 amide bonds. The number of benzene rings is 1.